The molecule has 0 radical (unpaired) electrons. The molecule has 0 heterocycles. The minimum absolute atomic E-state index is 0.133. The van der Waals surface area contributed by atoms with E-state index >= 15 is 0 Å². The third-order valence-electron chi connectivity index (χ3n) is 1.86. The first kappa shape index (κ1) is 13.9. The first-order valence-electron chi connectivity index (χ1n) is 4.83. The van der Waals surface area contributed by atoms with Crippen LogP contribution < -0.4 is 4.72 Å². The maximum atomic E-state index is 11.8. The molecular weight excluding hydrogens is 264 g/mol. The summed E-state index contributed by atoms with van der Waals surface area (Å²) in [4.78, 5) is 10.1. The molecular formula is C10H13ClN2O3S. The van der Waals surface area contributed by atoms with E-state index in [4.69, 9.17) is 11.6 Å². The number of hydrogen-bond acceptors (Lipinski definition) is 3. The molecule has 0 aliphatic carbocycles. The van der Waals surface area contributed by atoms with Crippen LogP contribution in [0.2, 0.25) is 5.02 Å². The summed E-state index contributed by atoms with van der Waals surface area (Å²) in [6.07, 6.45) is 0. The average molecular weight is 277 g/mol. The highest BCUT2D eigenvalue weighted by atomic mass is 35.5. The maximum Gasteiger partial charge on any atom is 0.273 e. The third kappa shape index (κ3) is 3.98. The van der Waals surface area contributed by atoms with Gasteiger partial charge in [0.15, 0.2) is 0 Å². The zero-order chi connectivity index (χ0) is 13.2. The highest BCUT2D eigenvalue weighted by Crippen LogP contribution is 2.25. The Bertz CT molecular complexity index is 471. The van der Waals surface area contributed by atoms with Gasteiger partial charge in [0.1, 0.15) is 11.0 Å². The zero-order valence-electron chi connectivity index (χ0n) is 9.69. The lowest BCUT2D eigenvalue weighted by Crippen LogP contribution is -2.27. The number of nitro groups is 1. The molecule has 0 fully saturated rings. The van der Waals surface area contributed by atoms with Gasteiger partial charge in [0.25, 0.3) is 5.69 Å². The van der Waals surface area contributed by atoms with Crippen LogP contribution in [0.25, 0.3) is 0 Å². The number of halogens is 1. The molecule has 1 rings (SSSR count). The zero-order valence-corrected chi connectivity index (χ0v) is 11.3. The molecule has 0 aliphatic rings. The molecule has 1 N–H and O–H groups in total. The first-order valence-corrected chi connectivity index (χ1v) is 6.36. The molecule has 0 aromatic heterocycles. The Morgan fingerprint density at radius 3 is 2.41 bits per heavy atom. The fourth-order valence-electron chi connectivity index (χ4n) is 0.999. The van der Waals surface area contributed by atoms with Crippen molar-refractivity contribution >= 4 is 34.0 Å². The number of nitrogens with one attached hydrogen (secondary N) is 1. The van der Waals surface area contributed by atoms with Crippen LogP contribution in [0, 0.1) is 10.1 Å². The lowest BCUT2D eigenvalue weighted by atomic mass is 10.3. The Morgan fingerprint density at radius 1 is 1.35 bits per heavy atom. The van der Waals surface area contributed by atoms with Crippen LogP contribution in [0.5, 0.6) is 0 Å². The Hall–Kier alpha value is -1.14. The Labute approximate surface area is 107 Å². The summed E-state index contributed by atoms with van der Waals surface area (Å²) < 4.78 is 14.1. The smallest absolute Gasteiger partial charge is 0.273 e. The Morgan fingerprint density at radius 2 is 1.94 bits per heavy atom. The molecule has 1 atom stereocenters. The lowest BCUT2D eigenvalue weighted by molar-refractivity contribution is -0.384. The highest BCUT2D eigenvalue weighted by Gasteiger charge is 2.20. The maximum absolute atomic E-state index is 11.8. The minimum Gasteiger partial charge on any atom is -0.304 e. The van der Waals surface area contributed by atoms with Crippen molar-refractivity contribution in [3.63, 3.8) is 0 Å². The van der Waals surface area contributed by atoms with Gasteiger partial charge in [-0.05, 0) is 26.8 Å². The Kier molecular flexibility index (Phi) is 4.11. The molecule has 1 aromatic rings. The summed E-state index contributed by atoms with van der Waals surface area (Å²) in [5, 5.41) is 10.9. The van der Waals surface area contributed by atoms with E-state index in [1.54, 1.807) is 20.8 Å². The average Bonchev–Trinajstić information content (AvgIpc) is 2.14. The van der Waals surface area contributed by atoms with Crippen LogP contribution in [0.15, 0.2) is 18.2 Å². The van der Waals surface area contributed by atoms with Gasteiger partial charge in [-0.25, -0.2) is 4.21 Å². The predicted octanol–water partition coefficient (Wildman–Crippen LogP) is 3.12. The van der Waals surface area contributed by atoms with Crippen molar-refractivity contribution in [2.45, 2.75) is 25.5 Å². The summed E-state index contributed by atoms with van der Waals surface area (Å²) in [5.41, 5.74) is 0.239. The topological polar surface area (TPSA) is 72.2 Å². The molecule has 0 spiro atoms. The summed E-state index contributed by atoms with van der Waals surface area (Å²) in [5.74, 6) is 0. The molecule has 0 bridgehead atoms. The number of anilines is 1. The molecule has 5 nitrogen and oxygen atoms in total. The molecule has 0 saturated carbocycles. The van der Waals surface area contributed by atoms with E-state index in [-0.39, 0.29) is 10.7 Å². The normalized spacial score (nSPS) is 13.2. The van der Waals surface area contributed by atoms with Crippen molar-refractivity contribution in [3.8, 4) is 0 Å². The van der Waals surface area contributed by atoms with E-state index in [1.165, 1.54) is 18.2 Å². The third-order valence-corrected chi connectivity index (χ3v) is 3.61. The second kappa shape index (κ2) is 5.01. The molecule has 0 aliphatic heterocycles. The second-order valence-electron chi connectivity index (χ2n) is 4.44. The van der Waals surface area contributed by atoms with E-state index in [0.29, 0.717) is 5.69 Å². The summed E-state index contributed by atoms with van der Waals surface area (Å²) in [7, 11) is -1.35. The van der Waals surface area contributed by atoms with Gasteiger partial charge in [-0.3, -0.25) is 10.1 Å². The monoisotopic (exact) mass is 276 g/mol. The fourth-order valence-corrected chi connectivity index (χ4v) is 1.87. The van der Waals surface area contributed by atoms with Gasteiger partial charge in [-0.2, -0.15) is 0 Å². The van der Waals surface area contributed by atoms with Crippen LogP contribution in [0.1, 0.15) is 20.8 Å². The van der Waals surface area contributed by atoms with Gasteiger partial charge in [0, 0.05) is 17.2 Å². The van der Waals surface area contributed by atoms with Crippen molar-refractivity contribution in [1.82, 2.24) is 0 Å². The van der Waals surface area contributed by atoms with Crippen LogP contribution in [0.4, 0.5) is 11.4 Å². The van der Waals surface area contributed by atoms with E-state index in [0.717, 1.165) is 0 Å². The fraction of sp³-hybridized carbons (Fsp3) is 0.400. The van der Waals surface area contributed by atoms with Gasteiger partial charge in [0.2, 0.25) is 0 Å². The SMILES string of the molecule is CC(C)(C)S(=O)Nc1cc(Cl)cc([N+](=O)[O-])c1. The summed E-state index contributed by atoms with van der Waals surface area (Å²) >= 11 is 5.75. The molecule has 7 heteroatoms. The Balaban J connectivity index is 3.00. The van der Waals surface area contributed by atoms with Crippen LogP contribution in [-0.2, 0) is 11.0 Å². The summed E-state index contributed by atoms with van der Waals surface area (Å²) in [6.45, 7) is 5.40. The standard InChI is InChI=1S/C10H13ClN2O3S/c1-10(2,3)17(16)12-8-4-7(11)5-9(6-8)13(14)15/h4-6,12H,1-3H3. The van der Waals surface area contributed by atoms with Crippen LogP contribution in [-0.4, -0.2) is 13.9 Å². The molecule has 0 amide bonds. The first-order chi connectivity index (χ1) is 7.70. The molecule has 0 saturated heterocycles. The van der Waals surface area contributed by atoms with Gasteiger partial charge < -0.3 is 4.72 Å². The highest BCUT2D eigenvalue weighted by molar-refractivity contribution is 7.87. The number of nitrogens with zero attached hydrogens (tertiary/aromatic N) is 1. The molecule has 1 aromatic carbocycles. The minimum atomic E-state index is -1.35. The molecule has 17 heavy (non-hydrogen) atoms. The molecule has 1 unspecified atom stereocenters. The number of benzene rings is 1. The number of non-ortho nitro benzene ring substituents is 1. The van der Waals surface area contributed by atoms with Gasteiger partial charge in [-0.15, -0.1) is 0 Å². The quantitative estimate of drug-likeness (QED) is 0.681. The second-order valence-corrected chi connectivity index (χ2v) is 6.84. The van der Waals surface area contributed by atoms with Gasteiger partial charge in [0.05, 0.1) is 15.4 Å². The van der Waals surface area contributed by atoms with E-state index in [2.05, 4.69) is 4.72 Å². The van der Waals surface area contributed by atoms with Crippen LogP contribution >= 0.6 is 11.6 Å². The van der Waals surface area contributed by atoms with Crippen molar-refractivity contribution in [3.05, 3.63) is 33.3 Å². The largest absolute Gasteiger partial charge is 0.304 e. The molecule has 94 valence electrons. The van der Waals surface area contributed by atoms with Crippen molar-refractivity contribution < 1.29 is 9.13 Å². The van der Waals surface area contributed by atoms with Crippen molar-refractivity contribution in [1.29, 1.82) is 0 Å². The number of rotatable bonds is 3. The lowest BCUT2D eigenvalue weighted by Gasteiger charge is -2.18. The van der Waals surface area contributed by atoms with E-state index < -0.39 is 20.7 Å². The van der Waals surface area contributed by atoms with Crippen LogP contribution in [0.3, 0.4) is 0 Å². The number of hydrogen-bond donors (Lipinski definition) is 1. The van der Waals surface area contributed by atoms with Crippen molar-refractivity contribution in [2.75, 3.05) is 4.72 Å². The van der Waals surface area contributed by atoms with Gasteiger partial charge >= 0.3 is 0 Å². The summed E-state index contributed by atoms with van der Waals surface area (Å²) in [6, 6.07) is 4.04. The predicted molar refractivity (Wildman–Crippen MR) is 69.6 cm³/mol. The van der Waals surface area contributed by atoms with Gasteiger partial charge in [-0.1, -0.05) is 11.6 Å². The van der Waals surface area contributed by atoms with E-state index in [9.17, 15) is 14.3 Å². The van der Waals surface area contributed by atoms with Crippen molar-refractivity contribution in [2.24, 2.45) is 0 Å². The number of nitro benzene ring substituents is 1. The van der Waals surface area contributed by atoms with E-state index in [1.807, 2.05) is 0 Å².